The molecule has 6 nitrogen and oxygen atoms in total. The van der Waals surface area contributed by atoms with E-state index in [0.717, 1.165) is 28.7 Å². The monoisotopic (exact) mass is 296 g/mol. The molecule has 0 aromatic carbocycles. The predicted octanol–water partition coefficient (Wildman–Crippen LogP) is 2.74. The van der Waals surface area contributed by atoms with Crippen LogP contribution < -0.4 is 5.32 Å². The molecule has 22 heavy (non-hydrogen) atoms. The molecule has 0 aliphatic rings. The summed E-state index contributed by atoms with van der Waals surface area (Å²) in [5.41, 5.74) is 2.64. The number of anilines is 1. The lowest BCUT2D eigenvalue weighted by Gasteiger charge is -2.15. The van der Waals surface area contributed by atoms with Gasteiger partial charge in [0, 0.05) is 11.1 Å². The normalized spacial score (nSPS) is 11.8. The summed E-state index contributed by atoms with van der Waals surface area (Å²) in [4.78, 5) is 4.48. The van der Waals surface area contributed by atoms with Crippen molar-refractivity contribution in [3.8, 4) is 0 Å². The van der Waals surface area contributed by atoms with E-state index >= 15 is 0 Å². The molecule has 0 atom stereocenters. The number of hydrogen-bond acceptors (Lipinski definition) is 5. The standard InChI is InChI=1S/C16H20N6/c1-11-6-5-7-12(18-11)10-17-13-8-9-14-19-20-15(16(2,3)4)22(14)21-13/h5-9H,10H2,1-4H3,(H,17,21). The molecule has 0 radical (unpaired) electrons. The molecule has 0 aliphatic heterocycles. The molecule has 0 bridgehead atoms. The van der Waals surface area contributed by atoms with Crippen molar-refractivity contribution in [3.63, 3.8) is 0 Å². The summed E-state index contributed by atoms with van der Waals surface area (Å²) in [7, 11) is 0. The molecule has 1 N–H and O–H groups in total. The van der Waals surface area contributed by atoms with Gasteiger partial charge in [-0.05, 0) is 31.2 Å². The number of hydrogen-bond donors (Lipinski definition) is 1. The number of nitrogens with zero attached hydrogens (tertiary/aromatic N) is 5. The Balaban J connectivity index is 1.85. The van der Waals surface area contributed by atoms with E-state index in [1.54, 1.807) is 4.52 Å². The molecule has 0 amide bonds. The lowest BCUT2D eigenvalue weighted by molar-refractivity contribution is 0.527. The van der Waals surface area contributed by atoms with Crippen molar-refractivity contribution < 1.29 is 0 Å². The average Bonchev–Trinajstić information content (AvgIpc) is 2.88. The van der Waals surface area contributed by atoms with Crippen molar-refractivity contribution in [3.05, 3.63) is 47.5 Å². The Labute approximate surface area is 129 Å². The van der Waals surface area contributed by atoms with Gasteiger partial charge in [-0.25, -0.2) is 0 Å². The minimum absolute atomic E-state index is 0.108. The highest BCUT2D eigenvalue weighted by atomic mass is 15.4. The first-order valence-corrected chi connectivity index (χ1v) is 7.33. The second-order valence-corrected chi connectivity index (χ2v) is 6.39. The smallest absolute Gasteiger partial charge is 0.178 e. The topological polar surface area (TPSA) is 68.0 Å². The maximum Gasteiger partial charge on any atom is 0.178 e. The number of nitrogens with one attached hydrogen (secondary N) is 1. The van der Waals surface area contributed by atoms with Gasteiger partial charge in [-0.2, -0.15) is 4.52 Å². The largest absolute Gasteiger partial charge is 0.363 e. The molecular weight excluding hydrogens is 276 g/mol. The van der Waals surface area contributed by atoms with Gasteiger partial charge in [0.25, 0.3) is 0 Å². The third-order valence-electron chi connectivity index (χ3n) is 3.33. The highest BCUT2D eigenvalue weighted by Crippen LogP contribution is 2.20. The van der Waals surface area contributed by atoms with Gasteiger partial charge in [0.05, 0.1) is 12.2 Å². The van der Waals surface area contributed by atoms with Crippen LogP contribution in [0.25, 0.3) is 5.65 Å². The highest BCUT2D eigenvalue weighted by molar-refractivity contribution is 5.44. The Bertz CT molecular complexity index is 800. The van der Waals surface area contributed by atoms with Gasteiger partial charge < -0.3 is 5.32 Å². The summed E-state index contributed by atoms with van der Waals surface area (Å²) in [6.07, 6.45) is 0. The summed E-state index contributed by atoms with van der Waals surface area (Å²) in [6, 6.07) is 9.82. The van der Waals surface area contributed by atoms with E-state index < -0.39 is 0 Å². The Hall–Kier alpha value is -2.50. The van der Waals surface area contributed by atoms with Crippen molar-refractivity contribution in [1.29, 1.82) is 0 Å². The first-order chi connectivity index (χ1) is 10.4. The summed E-state index contributed by atoms with van der Waals surface area (Å²) in [5, 5.41) is 16.3. The van der Waals surface area contributed by atoms with Crippen molar-refractivity contribution >= 4 is 11.5 Å². The zero-order valence-electron chi connectivity index (χ0n) is 13.3. The van der Waals surface area contributed by atoms with E-state index in [4.69, 9.17) is 0 Å². The van der Waals surface area contributed by atoms with Gasteiger partial charge in [0.2, 0.25) is 0 Å². The Kier molecular flexibility index (Phi) is 3.52. The number of fused-ring (bicyclic) bond motifs is 1. The molecule has 0 fully saturated rings. The molecule has 0 saturated carbocycles. The molecule has 3 aromatic rings. The Morgan fingerprint density at radius 2 is 1.91 bits per heavy atom. The van der Waals surface area contributed by atoms with Crippen molar-refractivity contribution in [2.75, 3.05) is 5.32 Å². The summed E-state index contributed by atoms with van der Waals surface area (Å²) in [6.45, 7) is 8.92. The highest BCUT2D eigenvalue weighted by Gasteiger charge is 2.21. The minimum atomic E-state index is -0.108. The summed E-state index contributed by atoms with van der Waals surface area (Å²) in [5.74, 6) is 1.63. The van der Waals surface area contributed by atoms with Gasteiger partial charge >= 0.3 is 0 Å². The number of aryl methyl sites for hydroxylation is 1. The molecule has 0 saturated heterocycles. The Morgan fingerprint density at radius 3 is 2.64 bits per heavy atom. The zero-order chi connectivity index (χ0) is 15.7. The number of pyridine rings is 1. The van der Waals surface area contributed by atoms with Crippen LogP contribution in [0.5, 0.6) is 0 Å². The summed E-state index contributed by atoms with van der Waals surface area (Å²) < 4.78 is 1.80. The quantitative estimate of drug-likeness (QED) is 0.805. The fourth-order valence-corrected chi connectivity index (χ4v) is 2.23. The number of rotatable bonds is 3. The third-order valence-corrected chi connectivity index (χ3v) is 3.33. The maximum absolute atomic E-state index is 4.59. The van der Waals surface area contributed by atoms with Gasteiger partial charge in [0.15, 0.2) is 11.5 Å². The van der Waals surface area contributed by atoms with Crippen LogP contribution in [0.3, 0.4) is 0 Å². The van der Waals surface area contributed by atoms with Crippen LogP contribution in [0.15, 0.2) is 30.3 Å². The van der Waals surface area contributed by atoms with Crippen LogP contribution in [-0.2, 0) is 12.0 Å². The fraction of sp³-hybridized carbons (Fsp3) is 0.375. The molecule has 3 rings (SSSR count). The minimum Gasteiger partial charge on any atom is -0.363 e. The second-order valence-electron chi connectivity index (χ2n) is 6.39. The average molecular weight is 296 g/mol. The SMILES string of the molecule is Cc1cccc(CNc2ccc3nnc(C(C)(C)C)n3n2)n1. The van der Waals surface area contributed by atoms with E-state index in [1.807, 2.05) is 37.3 Å². The van der Waals surface area contributed by atoms with Gasteiger partial charge in [0.1, 0.15) is 5.82 Å². The summed E-state index contributed by atoms with van der Waals surface area (Å²) >= 11 is 0. The lowest BCUT2D eigenvalue weighted by Crippen LogP contribution is -2.17. The van der Waals surface area contributed by atoms with E-state index in [0.29, 0.717) is 6.54 Å². The molecule has 0 aliphatic carbocycles. The van der Waals surface area contributed by atoms with E-state index in [9.17, 15) is 0 Å². The van der Waals surface area contributed by atoms with Crippen LogP contribution in [0.1, 0.15) is 38.0 Å². The van der Waals surface area contributed by atoms with E-state index in [2.05, 4.69) is 46.4 Å². The molecular formula is C16H20N6. The third kappa shape index (κ3) is 2.90. The van der Waals surface area contributed by atoms with Crippen LogP contribution in [0.2, 0.25) is 0 Å². The van der Waals surface area contributed by atoms with Gasteiger partial charge in [-0.15, -0.1) is 15.3 Å². The van der Waals surface area contributed by atoms with Gasteiger partial charge in [-0.3, -0.25) is 4.98 Å². The van der Waals surface area contributed by atoms with Crippen molar-refractivity contribution in [1.82, 2.24) is 24.8 Å². The van der Waals surface area contributed by atoms with Crippen molar-refractivity contribution in [2.45, 2.75) is 39.7 Å². The molecule has 3 aromatic heterocycles. The maximum atomic E-state index is 4.59. The zero-order valence-corrected chi connectivity index (χ0v) is 13.3. The Morgan fingerprint density at radius 1 is 1.09 bits per heavy atom. The molecule has 114 valence electrons. The van der Waals surface area contributed by atoms with E-state index in [1.165, 1.54) is 0 Å². The van der Waals surface area contributed by atoms with Crippen LogP contribution in [-0.4, -0.2) is 24.8 Å². The van der Waals surface area contributed by atoms with Crippen LogP contribution in [0, 0.1) is 6.92 Å². The van der Waals surface area contributed by atoms with E-state index in [-0.39, 0.29) is 5.41 Å². The van der Waals surface area contributed by atoms with Crippen molar-refractivity contribution in [2.24, 2.45) is 0 Å². The molecule has 0 unspecified atom stereocenters. The second kappa shape index (κ2) is 5.36. The predicted molar refractivity (Wildman–Crippen MR) is 85.8 cm³/mol. The molecule has 0 spiro atoms. The van der Waals surface area contributed by atoms with Crippen LogP contribution >= 0.6 is 0 Å². The molecule has 3 heterocycles. The van der Waals surface area contributed by atoms with Crippen LogP contribution in [0.4, 0.5) is 5.82 Å². The first-order valence-electron chi connectivity index (χ1n) is 7.33. The lowest BCUT2D eigenvalue weighted by atomic mass is 9.96. The fourth-order valence-electron chi connectivity index (χ4n) is 2.23. The first kappa shape index (κ1) is 14.4. The number of aromatic nitrogens is 5. The molecule has 6 heteroatoms. The van der Waals surface area contributed by atoms with Gasteiger partial charge in [-0.1, -0.05) is 26.8 Å².